The maximum absolute atomic E-state index is 12.9. The van der Waals surface area contributed by atoms with Crippen molar-refractivity contribution in [3.8, 4) is 0 Å². The van der Waals surface area contributed by atoms with Crippen molar-refractivity contribution in [3.05, 3.63) is 47.2 Å². The van der Waals surface area contributed by atoms with Crippen LogP contribution in [0.25, 0.3) is 0 Å². The van der Waals surface area contributed by atoms with Gasteiger partial charge in [0.25, 0.3) is 0 Å². The fraction of sp³-hybridized carbons (Fsp3) is 0.643. The molecule has 4 rings (SSSR count). The molecule has 0 saturated carbocycles. The van der Waals surface area contributed by atoms with Crippen molar-refractivity contribution in [2.24, 2.45) is 5.92 Å². The van der Waals surface area contributed by atoms with Crippen LogP contribution in [0, 0.1) is 12.8 Å². The monoisotopic (exact) mass is 470 g/mol. The fourth-order valence-electron chi connectivity index (χ4n) is 5.05. The van der Waals surface area contributed by atoms with E-state index in [2.05, 4.69) is 71.3 Å². The van der Waals surface area contributed by atoms with Crippen LogP contribution in [0.3, 0.4) is 0 Å². The van der Waals surface area contributed by atoms with Crippen LogP contribution in [0.5, 0.6) is 0 Å². The van der Waals surface area contributed by atoms with Crippen molar-refractivity contribution in [3.63, 3.8) is 0 Å². The Bertz CT molecular complexity index is 779. The number of fused-ring (bicyclic) bond motifs is 1. The molecule has 34 heavy (non-hydrogen) atoms. The summed E-state index contributed by atoms with van der Waals surface area (Å²) >= 11 is 0. The number of nitrogens with zero attached hydrogens (tertiary/aromatic N) is 3. The average molecular weight is 471 g/mol. The van der Waals surface area contributed by atoms with Crippen molar-refractivity contribution in [1.82, 2.24) is 20.2 Å². The third-order valence-electron chi connectivity index (χ3n) is 6.88. The van der Waals surface area contributed by atoms with Crippen LogP contribution >= 0.6 is 0 Å². The van der Waals surface area contributed by atoms with E-state index in [1.54, 1.807) is 0 Å². The van der Waals surface area contributed by atoms with Gasteiger partial charge in [0.2, 0.25) is 5.91 Å². The summed E-state index contributed by atoms with van der Waals surface area (Å²) in [6.07, 6.45) is 8.44. The fourth-order valence-corrected chi connectivity index (χ4v) is 5.05. The molecule has 3 aliphatic rings. The number of rotatable bonds is 7. The minimum Gasteiger partial charge on any atom is -0.341 e. The summed E-state index contributed by atoms with van der Waals surface area (Å²) in [5.74, 6) is 0.950. The number of benzene rings is 1. The van der Waals surface area contributed by atoms with Crippen molar-refractivity contribution in [1.29, 1.82) is 0 Å². The molecule has 6 nitrogen and oxygen atoms in total. The Kier molecular flexibility index (Phi) is 11.8. The highest BCUT2D eigenvalue weighted by atomic mass is 16.2. The summed E-state index contributed by atoms with van der Waals surface area (Å²) < 4.78 is 0. The molecular weight excluding hydrogens is 424 g/mol. The maximum atomic E-state index is 12.9. The van der Waals surface area contributed by atoms with E-state index in [1.807, 2.05) is 20.6 Å². The van der Waals surface area contributed by atoms with E-state index in [-0.39, 0.29) is 6.04 Å². The van der Waals surface area contributed by atoms with E-state index in [0.29, 0.717) is 24.4 Å². The van der Waals surface area contributed by atoms with Gasteiger partial charge in [-0.15, -0.1) is 0 Å². The molecule has 3 heterocycles. The number of unbranched alkanes of at least 4 members (excludes halogenated alkanes) is 2. The summed E-state index contributed by atoms with van der Waals surface area (Å²) in [6.45, 7) is 16.9. The Balaban J connectivity index is 0.000000970. The molecule has 2 fully saturated rings. The first kappa shape index (κ1) is 28.1. The lowest BCUT2D eigenvalue weighted by Gasteiger charge is -2.42. The van der Waals surface area contributed by atoms with Gasteiger partial charge in [0, 0.05) is 31.9 Å². The molecule has 1 aromatic carbocycles. The highest BCUT2D eigenvalue weighted by Gasteiger charge is 2.36. The van der Waals surface area contributed by atoms with Gasteiger partial charge in [-0.3, -0.25) is 9.69 Å². The zero-order valence-electron chi connectivity index (χ0n) is 22.1. The molecule has 0 spiro atoms. The number of nitrogens with one attached hydrogen (secondary N) is 1. The second kappa shape index (κ2) is 14.3. The lowest BCUT2D eigenvalue weighted by Crippen LogP contribution is -2.56. The average Bonchev–Trinajstić information content (AvgIpc) is 3.49. The smallest absolute Gasteiger partial charge is 0.236 e. The SMILES string of the molecule is C=O.CC.CCCCCC1CN(CC(=O)N2CCC(C)C2)CC2=CC(c3ccc(C)cc3)NN21. The highest BCUT2D eigenvalue weighted by Crippen LogP contribution is 2.31. The summed E-state index contributed by atoms with van der Waals surface area (Å²) in [5, 5.41) is 2.42. The van der Waals surface area contributed by atoms with Gasteiger partial charge in [-0.05, 0) is 37.3 Å². The predicted octanol–water partition coefficient (Wildman–Crippen LogP) is 4.71. The maximum Gasteiger partial charge on any atom is 0.236 e. The van der Waals surface area contributed by atoms with Crippen LogP contribution in [0.1, 0.15) is 77.0 Å². The Hall–Kier alpha value is -2.18. The Morgan fingerprint density at radius 3 is 2.44 bits per heavy atom. The highest BCUT2D eigenvalue weighted by molar-refractivity contribution is 5.78. The zero-order chi connectivity index (χ0) is 25.1. The molecule has 190 valence electrons. The lowest BCUT2D eigenvalue weighted by molar-refractivity contribution is -0.132. The van der Waals surface area contributed by atoms with Gasteiger partial charge in [-0.1, -0.05) is 76.8 Å². The summed E-state index contributed by atoms with van der Waals surface area (Å²) in [5.41, 5.74) is 7.69. The Morgan fingerprint density at radius 1 is 1.12 bits per heavy atom. The molecule has 3 aliphatic heterocycles. The van der Waals surface area contributed by atoms with Gasteiger partial charge < -0.3 is 14.7 Å². The van der Waals surface area contributed by atoms with Crippen LogP contribution in [0.2, 0.25) is 0 Å². The largest absolute Gasteiger partial charge is 0.341 e. The zero-order valence-corrected chi connectivity index (χ0v) is 22.1. The summed E-state index contributed by atoms with van der Waals surface area (Å²) in [4.78, 5) is 25.3. The van der Waals surface area contributed by atoms with E-state index in [4.69, 9.17) is 4.79 Å². The van der Waals surface area contributed by atoms with E-state index in [0.717, 1.165) is 32.6 Å². The topological polar surface area (TPSA) is 55.9 Å². The number of hydrogen-bond acceptors (Lipinski definition) is 5. The number of carbonyl (C=O) groups is 2. The number of aryl methyl sites for hydroxylation is 1. The van der Waals surface area contributed by atoms with Crippen LogP contribution < -0.4 is 5.43 Å². The number of hydrazine groups is 1. The second-order valence-corrected chi connectivity index (χ2v) is 9.60. The van der Waals surface area contributed by atoms with Crippen LogP contribution in [0.15, 0.2) is 36.0 Å². The molecule has 3 unspecified atom stereocenters. The molecule has 0 aliphatic carbocycles. The molecule has 1 amide bonds. The van der Waals surface area contributed by atoms with Crippen molar-refractivity contribution < 1.29 is 9.59 Å². The van der Waals surface area contributed by atoms with Gasteiger partial charge in [-0.2, -0.15) is 0 Å². The summed E-state index contributed by atoms with van der Waals surface area (Å²) in [6, 6.07) is 9.48. The van der Waals surface area contributed by atoms with Gasteiger partial charge >= 0.3 is 0 Å². The van der Waals surface area contributed by atoms with E-state index in [1.165, 1.54) is 42.5 Å². The van der Waals surface area contributed by atoms with E-state index in [9.17, 15) is 4.79 Å². The molecule has 6 heteroatoms. The van der Waals surface area contributed by atoms with Gasteiger partial charge in [-0.25, -0.2) is 5.43 Å². The Morgan fingerprint density at radius 2 is 1.82 bits per heavy atom. The molecule has 3 atom stereocenters. The Labute approximate surface area is 207 Å². The molecule has 0 aromatic heterocycles. The third kappa shape index (κ3) is 7.41. The molecular formula is C28H46N4O2. The van der Waals surface area contributed by atoms with Crippen molar-refractivity contribution in [2.75, 3.05) is 32.7 Å². The predicted molar refractivity (Wildman–Crippen MR) is 140 cm³/mol. The standard InChI is InChI=1S/C25H38N4O.C2H6.CH2O/c1-4-5-6-7-22-16-27(18-25(30)28-13-12-20(3)15-28)17-23-14-24(26-29(22)23)21-10-8-19(2)9-11-21;2*1-2/h8-11,14,20,22,24,26H,4-7,12-13,15-18H2,1-3H3;1-2H3;1H2. The molecule has 0 bridgehead atoms. The number of hydrogen-bond donors (Lipinski definition) is 1. The van der Waals surface area contributed by atoms with Gasteiger partial charge in [0.1, 0.15) is 6.79 Å². The summed E-state index contributed by atoms with van der Waals surface area (Å²) in [7, 11) is 0. The van der Waals surface area contributed by atoms with Crippen LogP contribution in [-0.2, 0) is 9.59 Å². The minimum atomic E-state index is 0.226. The second-order valence-electron chi connectivity index (χ2n) is 9.60. The first-order valence-corrected chi connectivity index (χ1v) is 13.1. The quantitative estimate of drug-likeness (QED) is 0.585. The van der Waals surface area contributed by atoms with E-state index < -0.39 is 0 Å². The number of amides is 1. The lowest BCUT2D eigenvalue weighted by atomic mass is 10.0. The van der Waals surface area contributed by atoms with Gasteiger partial charge in [0.05, 0.1) is 18.6 Å². The van der Waals surface area contributed by atoms with Crippen LogP contribution in [-0.4, -0.2) is 66.3 Å². The molecule has 1 aromatic rings. The number of likely N-dealkylation sites (tertiary alicyclic amines) is 1. The van der Waals surface area contributed by atoms with E-state index >= 15 is 0 Å². The molecule has 0 radical (unpaired) electrons. The molecule has 1 N–H and O–H groups in total. The van der Waals surface area contributed by atoms with Crippen LogP contribution in [0.4, 0.5) is 0 Å². The third-order valence-corrected chi connectivity index (χ3v) is 6.88. The normalized spacial score (nSPS) is 23.9. The van der Waals surface area contributed by atoms with Gasteiger partial charge in [0.15, 0.2) is 0 Å². The first-order chi connectivity index (χ1) is 16.5. The minimum absolute atomic E-state index is 0.226. The number of piperazine rings is 1. The molecule has 2 saturated heterocycles. The van der Waals surface area contributed by atoms with Crippen molar-refractivity contribution in [2.45, 2.75) is 78.8 Å². The number of carbonyl (C=O) groups excluding carboxylic acids is 2. The van der Waals surface area contributed by atoms with Crippen molar-refractivity contribution >= 4 is 12.7 Å². The first-order valence-electron chi connectivity index (χ1n) is 13.1.